The second-order valence-corrected chi connectivity index (χ2v) is 4.09. The second kappa shape index (κ2) is 5.05. The number of aliphatic carboxylic acids is 1. The summed E-state index contributed by atoms with van der Waals surface area (Å²) < 4.78 is 1.49. The quantitative estimate of drug-likeness (QED) is 0.882. The van der Waals surface area contributed by atoms with Crippen molar-refractivity contribution in [3.63, 3.8) is 0 Å². The van der Waals surface area contributed by atoms with Crippen LogP contribution in [0.1, 0.15) is 6.92 Å². The van der Waals surface area contributed by atoms with Gasteiger partial charge < -0.3 is 10.4 Å². The van der Waals surface area contributed by atoms with Crippen molar-refractivity contribution in [1.29, 1.82) is 0 Å². The highest BCUT2D eigenvalue weighted by Crippen LogP contribution is 2.28. The Bertz CT molecular complexity index is 556. The lowest BCUT2D eigenvalue weighted by Crippen LogP contribution is -2.26. The average Bonchev–Trinajstić information content (AvgIpc) is 2.82. The van der Waals surface area contributed by atoms with Crippen molar-refractivity contribution in [2.24, 2.45) is 0 Å². The van der Waals surface area contributed by atoms with E-state index in [0.717, 1.165) is 0 Å². The summed E-state index contributed by atoms with van der Waals surface area (Å²) in [5.41, 5.74) is 1.16. The monoisotopic (exact) mass is 266 g/mol. The summed E-state index contributed by atoms with van der Waals surface area (Å²) in [5.74, 6) is -0.945. The second-order valence-electron chi connectivity index (χ2n) is 3.68. The van der Waals surface area contributed by atoms with E-state index in [0.29, 0.717) is 16.4 Å². The van der Waals surface area contributed by atoms with Crippen LogP contribution in [0.4, 0.5) is 5.69 Å². The number of rotatable bonds is 4. The van der Waals surface area contributed by atoms with Gasteiger partial charge in [-0.2, -0.15) is 5.10 Å². The van der Waals surface area contributed by atoms with E-state index < -0.39 is 12.0 Å². The van der Waals surface area contributed by atoms with Crippen molar-refractivity contribution in [1.82, 2.24) is 14.8 Å². The minimum atomic E-state index is -0.945. The molecule has 0 fully saturated rings. The number of carboxylic acids is 1. The smallest absolute Gasteiger partial charge is 0.325 e. The molecule has 0 aliphatic rings. The highest BCUT2D eigenvalue weighted by Gasteiger charge is 2.15. The first-order valence-electron chi connectivity index (χ1n) is 5.22. The molecular formula is C11H11ClN4O2. The number of nitrogens with one attached hydrogen (secondary N) is 1. The van der Waals surface area contributed by atoms with Crippen molar-refractivity contribution in [3.8, 4) is 5.69 Å². The standard InChI is InChI=1S/C11H11ClN4O2/c1-7(11(17)18)15-9-4-2-3-8(12)10(9)16-6-13-5-14-16/h2-7,15H,1H3,(H,17,18). The zero-order valence-corrected chi connectivity index (χ0v) is 10.3. The molecular weight excluding hydrogens is 256 g/mol. The summed E-state index contributed by atoms with van der Waals surface area (Å²) in [4.78, 5) is 14.7. The molecule has 0 aliphatic heterocycles. The van der Waals surface area contributed by atoms with E-state index in [9.17, 15) is 4.79 Å². The van der Waals surface area contributed by atoms with Crippen molar-refractivity contribution in [2.75, 3.05) is 5.32 Å². The van der Waals surface area contributed by atoms with Gasteiger partial charge in [0.05, 0.1) is 10.7 Å². The molecule has 1 atom stereocenters. The molecule has 0 amide bonds. The summed E-state index contributed by atoms with van der Waals surface area (Å²) in [6.45, 7) is 1.55. The fourth-order valence-corrected chi connectivity index (χ4v) is 1.74. The third-order valence-electron chi connectivity index (χ3n) is 2.38. The predicted octanol–water partition coefficient (Wildman–Crippen LogP) is 1.81. The normalized spacial score (nSPS) is 12.1. The minimum absolute atomic E-state index is 0.461. The van der Waals surface area contributed by atoms with Crippen LogP contribution in [0.2, 0.25) is 5.02 Å². The summed E-state index contributed by atoms with van der Waals surface area (Å²) in [6, 6.07) is 4.45. The molecule has 0 saturated heterocycles. The predicted molar refractivity (Wildman–Crippen MR) is 67.1 cm³/mol. The molecule has 7 heteroatoms. The number of carbonyl (C=O) groups is 1. The Kier molecular flexibility index (Phi) is 3.47. The van der Waals surface area contributed by atoms with E-state index in [-0.39, 0.29) is 0 Å². The number of hydrogen-bond donors (Lipinski definition) is 2. The Balaban J connectivity index is 2.42. The van der Waals surface area contributed by atoms with Crippen LogP contribution in [0.15, 0.2) is 30.9 Å². The van der Waals surface area contributed by atoms with Crippen LogP contribution in [0.3, 0.4) is 0 Å². The molecule has 18 heavy (non-hydrogen) atoms. The van der Waals surface area contributed by atoms with Crippen molar-refractivity contribution >= 4 is 23.3 Å². The van der Waals surface area contributed by atoms with Gasteiger partial charge in [0.25, 0.3) is 0 Å². The molecule has 2 N–H and O–H groups in total. The highest BCUT2D eigenvalue weighted by atomic mass is 35.5. The number of para-hydroxylation sites is 1. The number of nitrogens with zero attached hydrogens (tertiary/aromatic N) is 3. The highest BCUT2D eigenvalue weighted by molar-refractivity contribution is 6.33. The van der Waals surface area contributed by atoms with Crippen molar-refractivity contribution in [3.05, 3.63) is 35.9 Å². The van der Waals surface area contributed by atoms with Crippen LogP contribution in [-0.2, 0) is 4.79 Å². The van der Waals surface area contributed by atoms with E-state index in [1.54, 1.807) is 25.1 Å². The molecule has 0 spiro atoms. The third-order valence-corrected chi connectivity index (χ3v) is 2.68. The Hall–Kier alpha value is -2.08. The number of benzene rings is 1. The molecule has 2 aromatic rings. The van der Waals surface area contributed by atoms with E-state index in [1.807, 2.05) is 0 Å². The molecule has 6 nitrogen and oxygen atoms in total. The molecule has 1 unspecified atom stereocenters. The Morgan fingerprint density at radius 1 is 1.56 bits per heavy atom. The minimum Gasteiger partial charge on any atom is -0.480 e. The molecule has 0 bridgehead atoms. The first-order valence-corrected chi connectivity index (χ1v) is 5.60. The number of halogens is 1. The van der Waals surface area contributed by atoms with Crippen LogP contribution >= 0.6 is 11.6 Å². The van der Waals surface area contributed by atoms with Crippen LogP contribution in [0.5, 0.6) is 0 Å². The molecule has 0 radical (unpaired) electrons. The maximum atomic E-state index is 10.9. The van der Waals surface area contributed by atoms with E-state index in [1.165, 1.54) is 17.3 Å². The first kappa shape index (κ1) is 12.4. The van der Waals surface area contributed by atoms with E-state index >= 15 is 0 Å². The molecule has 1 heterocycles. The van der Waals surface area contributed by atoms with E-state index in [4.69, 9.17) is 16.7 Å². The Morgan fingerprint density at radius 3 is 2.94 bits per heavy atom. The Labute approximate surface area is 108 Å². The van der Waals surface area contributed by atoms with Gasteiger partial charge in [-0.3, -0.25) is 4.79 Å². The van der Waals surface area contributed by atoms with Gasteiger partial charge in [-0.25, -0.2) is 9.67 Å². The SMILES string of the molecule is CC(Nc1cccc(Cl)c1-n1cncn1)C(=O)O. The van der Waals surface area contributed by atoms with Crippen LogP contribution in [-0.4, -0.2) is 31.9 Å². The summed E-state index contributed by atoms with van der Waals surface area (Å²) in [7, 11) is 0. The van der Waals surface area contributed by atoms with E-state index in [2.05, 4.69) is 15.4 Å². The zero-order valence-electron chi connectivity index (χ0n) is 9.54. The lowest BCUT2D eigenvalue weighted by Gasteiger charge is -2.15. The lowest BCUT2D eigenvalue weighted by atomic mass is 10.2. The zero-order chi connectivity index (χ0) is 13.1. The van der Waals surface area contributed by atoms with Gasteiger partial charge in [0.2, 0.25) is 0 Å². The summed E-state index contributed by atoms with van der Waals surface area (Å²) in [6.07, 6.45) is 2.88. The summed E-state index contributed by atoms with van der Waals surface area (Å²) in [5, 5.41) is 16.2. The molecule has 1 aromatic carbocycles. The number of aromatic nitrogens is 3. The first-order chi connectivity index (χ1) is 8.59. The number of anilines is 1. The maximum Gasteiger partial charge on any atom is 0.325 e. The number of carboxylic acid groups (broad SMARTS) is 1. The number of hydrogen-bond acceptors (Lipinski definition) is 4. The van der Waals surface area contributed by atoms with Crippen LogP contribution < -0.4 is 5.32 Å². The topological polar surface area (TPSA) is 80.0 Å². The van der Waals surface area contributed by atoms with Gasteiger partial charge in [-0.15, -0.1) is 0 Å². The average molecular weight is 267 g/mol. The summed E-state index contributed by atoms with van der Waals surface area (Å²) >= 11 is 6.11. The van der Waals surface area contributed by atoms with Crippen LogP contribution in [0, 0.1) is 0 Å². The van der Waals surface area contributed by atoms with Crippen molar-refractivity contribution < 1.29 is 9.90 Å². The third kappa shape index (κ3) is 2.43. The van der Waals surface area contributed by atoms with Gasteiger partial charge >= 0.3 is 5.97 Å². The molecule has 0 saturated carbocycles. The van der Waals surface area contributed by atoms with Gasteiger partial charge in [0, 0.05) is 0 Å². The lowest BCUT2D eigenvalue weighted by molar-refractivity contribution is -0.137. The van der Waals surface area contributed by atoms with Crippen molar-refractivity contribution in [2.45, 2.75) is 13.0 Å². The van der Waals surface area contributed by atoms with Gasteiger partial charge in [0.15, 0.2) is 0 Å². The fraction of sp³-hybridized carbons (Fsp3) is 0.182. The molecule has 94 valence electrons. The molecule has 2 rings (SSSR count). The fourth-order valence-electron chi connectivity index (χ4n) is 1.48. The largest absolute Gasteiger partial charge is 0.480 e. The van der Waals surface area contributed by atoms with Gasteiger partial charge in [-0.05, 0) is 19.1 Å². The van der Waals surface area contributed by atoms with Gasteiger partial charge in [-0.1, -0.05) is 17.7 Å². The molecule has 0 aliphatic carbocycles. The molecule has 1 aromatic heterocycles. The van der Waals surface area contributed by atoms with Crippen LogP contribution in [0.25, 0.3) is 5.69 Å². The van der Waals surface area contributed by atoms with Gasteiger partial charge in [0.1, 0.15) is 24.4 Å². The maximum absolute atomic E-state index is 10.9. The Morgan fingerprint density at radius 2 is 2.33 bits per heavy atom.